The molecule has 0 N–H and O–H groups in total. The Labute approximate surface area is 231 Å². The zero-order valence-corrected chi connectivity index (χ0v) is 20.9. The SMILES string of the molecule is [Li+].[c-]1ccc(-c2cc(-c3ccccc3)c(-c3ccccc3)c(-c3ccccc3)c2-c2ccccc2)cc1. The molecule has 0 atom stereocenters. The van der Waals surface area contributed by atoms with Gasteiger partial charge >= 0.3 is 18.9 Å². The molecular formula is C36H25Li. The van der Waals surface area contributed by atoms with Crippen LogP contribution in [0, 0.1) is 6.07 Å². The van der Waals surface area contributed by atoms with Crippen LogP contribution in [0.5, 0.6) is 0 Å². The largest absolute Gasteiger partial charge is 1.00 e. The number of hydrogen-bond acceptors (Lipinski definition) is 0. The molecule has 0 saturated heterocycles. The van der Waals surface area contributed by atoms with Gasteiger partial charge in [-0.05, 0) is 56.1 Å². The summed E-state index contributed by atoms with van der Waals surface area (Å²) in [4.78, 5) is 0. The Hall–Kier alpha value is -4.08. The Morgan fingerprint density at radius 2 is 0.649 bits per heavy atom. The average Bonchev–Trinajstić information content (AvgIpc) is 2.98. The average molecular weight is 465 g/mol. The van der Waals surface area contributed by atoms with Crippen LogP contribution >= 0.6 is 0 Å². The Morgan fingerprint density at radius 3 is 1.05 bits per heavy atom. The molecule has 1 heteroatoms. The van der Waals surface area contributed by atoms with E-state index < -0.39 is 0 Å². The molecule has 0 spiro atoms. The molecule has 0 unspecified atom stereocenters. The summed E-state index contributed by atoms with van der Waals surface area (Å²) in [6, 6.07) is 57.0. The summed E-state index contributed by atoms with van der Waals surface area (Å²) in [5, 5.41) is 0. The van der Waals surface area contributed by atoms with Gasteiger partial charge in [0.25, 0.3) is 0 Å². The van der Waals surface area contributed by atoms with Gasteiger partial charge in [-0.1, -0.05) is 121 Å². The van der Waals surface area contributed by atoms with Crippen molar-refractivity contribution in [3.8, 4) is 55.6 Å². The van der Waals surface area contributed by atoms with Crippen LogP contribution in [0.2, 0.25) is 0 Å². The van der Waals surface area contributed by atoms with Crippen LogP contribution in [-0.4, -0.2) is 0 Å². The van der Waals surface area contributed by atoms with Crippen LogP contribution < -0.4 is 18.9 Å². The summed E-state index contributed by atoms with van der Waals surface area (Å²) in [5.74, 6) is 0. The standard InChI is InChI=1S/C36H25.Li/c1-6-16-27(17-7-1)32-26-33(28-18-8-2-9-19-28)35(30-22-12-4-13-23-30)36(31-24-14-5-15-25-31)34(32)29-20-10-3-11-21-29;/h1,3-26H;/q-1;+1. The fraction of sp³-hybridized carbons (Fsp3) is 0. The van der Waals surface area contributed by atoms with E-state index in [9.17, 15) is 0 Å². The Kier molecular flexibility index (Phi) is 7.53. The summed E-state index contributed by atoms with van der Waals surface area (Å²) < 4.78 is 0. The molecule has 0 amide bonds. The fourth-order valence-corrected chi connectivity index (χ4v) is 5.03. The van der Waals surface area contributed by atoms with Gasteiger partial charge in [-0.15, -0.1) is 5.56 Å². The molecule has 6 aromatic rings. The van der Waals surface area contributed by atoms with E-state index in [4.69, 9.17) is 0 Å². The van der Waals surface area contributed by atoms with Gasteiger partial charge in [0.2, 0.25) is 0 Å². The van der Waals surface area contributed by atoms with E-state index in [1.54, 1.807) is 0 Å². The van der Waals surface area contributed by atoms with E-state index in [0.29, 0.717) is 0 Å². The predicted octanol–water partition coefficient (Wildman–Crippen LogP) is 6.83. The molecule has 0 saturated carbocycles. The van der Waals surface area contributed by atoms with Crippen molar-refractivity contribution in [1.82, 2.24) is 0 Å². The van der Waals surface area contributed by atoms with Gasteiger partial charge < -0.3 is 0 Å². The third-order valence-corrected chi connectivity index (χ3v) is 6.63. The van der Waals surface area contributed by atoms with Crippen molar-refractivity contribution in [1.29, 1.82) is 0 Å². The molecule has 37 heavy (non-hydrogen) atoms. The Morgan fingerprint density at radius 1 is 0.324 bits per heavy atom. The zero-order valence-electron chi connectivity index (χ0n) is 20.9. The smallest absolute Gasteiger partial charge is 0.184 e. The molecule has 6 rings (SSSR count). The summed E-state index contributed by atoms with van der Waals surface area (Å²) in [5.41, 5.74) is 12.2. The van der Waals surface area contributed by atoms with E-state index in [2.05, 4.69) is 146 Å². The van der Waals surface area contributed by atoms with Gasteiger partial charge in [-0.25, -0.2) is 0 Å². The number of rotatable bonds is 5. The normalized spacial score (nSPS) is 10.5. The molecule has 6 aromatic carbocycles. The van der Waals surface area contributed by atoms with Crippen LogP contribution in [0.25, 0.3) is 55.6 Å². The quantitative estimate of drug-likeness (QED) is 0.194. The fourth-order valence-electron chi connectivity index (χ4n) is 5.03. The number of hydrogen-bond donors (Lipinski definition) is 0. The molecule has 0 aromatic heterocycles. The second kappa shape index (κ2) is 11.3. The van der Waals surface area contributed by atoms with Crippen molar-refractivity contribution in [3.63, 3.8) is 0 Å². The molecule has 0 aliphatic heterocycles. The second-order valence-corrected chi connectivity index (χ2v) is 8.85. The van der Waals surface area contributed by atoms with Crippen molar-refractivity contribution < 1.29 is 18.9 Å². The first kappa shape index (κ1) is 24.6. The van der Waals surface area contributed by atoms with Crippen molar-refractivity contribution in [3.05, 3.63) is 158 Å². The topological polar surface area (TPSA) is 0 Å². The maximum absolute atomic E-state index is 3.19. The van der Waals surface area contributed by atoms with Crippen molar-refractivity contribution in [2.24, 2.45) is 0 Å². The molecular weight excluding hydrogens is 439 g/mol. The van der Waals surface area contributed by atoms with Gasteiger partial charge in [0.15, 0.2) is 0 Å². The van der Waals surface area contributed by atoms with Gasteiger partial charge in [0, 0.05) is 0 Å². The maximum Gasteiger partial charge on any atom is 1.00 e. The molecule has 0 fully saturated rings. The van der Waals surface area contributed by atoms with E-state index >= 15 is 0 Å². The zero-order chi connectivity index (χ0) is 24.2. The van der Waals surface area contributed by atoms with Crippen LogP contribution in [0.15, 0.2) is 152 Å². The van der Waals surface area contributed by atoms with Gasteiger partial charge in [-0.2, -0.15) is 30.3 Å². The minimum absolute atomic E-state index is 0. The maximum atomic E-state index is 3.19. The van der Waals surface area contributed by atoms with Crippen LogP contribution in [-0.2, 0) is 0 Å². The van der Waals surface area contributed by atoms with Crippen molar-refractivity contribution in [2.75, 3.05) is 0 Å². The minimum atomic E-state index is 0. The monoisotopic (exact) mass is 464 g/mol. The molecule has 0 radical (unpaired) electrons. The van der Waals surface area contributed by atoms with E-state index in [-0.39, 0.29) is 18.9 Å². The van der Waals surface area contributed by atoms with Crippen LogP contribution in [0.3, 0.4) is 0 Å². The van der Waals surface area contributed by atoms with Crippen LogP contribution in [0.4, 0.5) is 0 Å². The Balaban J connectivity index is 0.00000280. The van der Waals surface area contributed by atoms with Gasteiger partial charge in [-0.3, -0.25) is 0 Å². The molecule has 0 heterocycles. The summed E-state index contributed by atoms with van der Waals surface area (Å²) >= 11 is 0. The predicted molar refractivity (Wildman–Crippen MR) is 152 cm³/mol. The first-order valence-electron chi connectivity index (χ1n) is 12.3. The second-order valence-electron chi connectivity index (χ2n) is 8.85. The molecule has 0 aliphatic rings. The number of benzene rings is 6. The van der Waals surface area contributed by atoms with Crippen LogP contribution in [0.1, 0.15) is 0 Å². The molecule has 170 valence electrons. The summed E-state index contributed by atoms with van der Waals surface area (Å²) in [7, 11) is 0. The molecule has 0 aliphatic carbocycles. The first-order chi connectivity index (χ1) is 17.9. The molecule has 0 bridgehead atoms. The summed E-state index contributed by atoms with van der Waals surface area (Å²) in [6.07, 6.45) is 0. The molecule has 0 nitrogen and oxygen atoms in total. The third-order valence-electron chi connectivity index (χ3n) is 6.63. The van der Waals surface area contributed by atoms with Crippen molar-refractivity contribution >= 4 is 0 Å². The minimum Gasteiger partial charge on any atom is -0.184 e. The van der Waals surface area contributed by atoms with Crippen molar-refractivity contribution in [2.45, 2.75) is 0 Å². The van der Waals surface area contributed by atoms with Gasteiger partial charge in [0.05, 0.1) is 0 Å². The van der Waals surface area contributed by atoms with E-state index in [1.807, 2.05) is 12.1 Å². The Bertz CT molecular complexity index is 1470. The van der Waals surface area contributed by atoms with E-state index in [0.717, 1.165) is 0 Å². The third kappa shape index (κ3) is 4.96. The first-order valence-corrected chi connectivity index (χ1v) is 12.3. The van der Waals surface area contributed by atoms with E-state index in [1.165, 1.54) is 55.6 Å². The van der Waals surface area contributed by atoms with Gasteiger partial charge in [0.1, 0.15) is 0 Å². The summed E-state index contributed by atoms with van der Waals surface area (Å²) in [6.45, 7) is 0.